The summed E-state index contributed by atoms with van der Waals surface area (Å²) >= 11 is 0. The van der Waals surface area contributed by atoms with Crippen LogP contribution in [0.3, 0.4) is 0 Å². The highest BCUT2D eigenvalue weighted by molar-refractivity contribution is 4.78. The fourth-order valence-corrected chi connectivity index (χ4v) is 1.98. The van der Waals surface area contributed by atoms with Crippen LogP contribution >= 0.6 is 0 Å². The average Bonchev–Trinajstić information content (AvgIpc) is 2.28. The van der Waals surface area contributed by atoms with Crippen LogP contribution in [0.2, 0.25) is 0 Å². The molecule has 0 aromatic carbocycles. The summed E-state index contributed by atoms with van der Waals surface area (Å²) in [4.78, 5) is 2.34. The molecule has 1 aliphatic heterocycles. The van der Waals surface area contributed by atoms with Crippen LogP contribution in [0.5, 0.6) is 0 Å². The van der Waals surface area contributed by atoms with Gasteiger partial charge in [-0.15, -0.1) is 0 Å². The van der Waals surface area contributed by atoms with Gasteiger partial charge in [0.1, 0.15) is 0 Å². The highest BCUT2D eigenvalue weighted by atomic mass is 16.5. The molecule has 0 amide bonds. The molecule has 3 unspecified atom stereocenters. The molecule has 15 heavy (non-hydrogen) atoms. The molecular formula is C12H25NO2. The molecule has 1 N–H and O–H groups in total. The molecule has 0 radical (unpaired) electrons. The van der Waals surface area contributed by atoms with E-state index in [0.29, 0.717) is 5.92 Å². The largest absolute Gasteiger partial charge is 0.390 e. The van der Waals surface area contributed by atoms with E-state index in [9.17, 15) is 5.11 Å². The van der Waals surface area contributed by atoms with Gasteiger partial charge in [-0.05, 0) is 18.9 Å². The van der Waals surface area contributed by atoms with E-state index in [-0.39, 0.29) is 12.2 Å². The maximum atomic E-state index is 10.0. The second kappa shape index (κ2) is 6.46. The van der Waals surface area contributed by atoms with Crippen molar-refractivity contribution in [2.75, 3.05) is 26.2 Å². The highest BCUT2D eigenvalue weighted by Crippen LogP contribution is 2.17. The molecule has 1 aliphatic rings. The number of likely N-dealkylation sites (N-methyl/N-ethyl adjacent to an activating group) is 1. The van der Waals surface area contributed by atoms with Crippen molar-refractivity contribution in [3.63, 3.8) is 0 Å². The Kier molecular flexibility index (Phi) is 5.58. The van der Waals surface area contributed by atoms with Crippen molar-refractivity contribution in [1.82, 2.24) is 4.90 Å². The van der Waals surface area contributed by atoms with Crippen LogP contribution in [0.1, 0.15) is 33.6 Å². The minimum atomic E-state index is -0.297. The van der Waals surface area contributed by atoms with Crippen molar-refractivity contribution in [1.29, 1.82) is 0 Å². The first-order chi connectivity index (χ1) is 7.17. The maximum Gasteiger partial charge on any atom is 0.0961 e. The molecule has 1 heterocycles. The topological polar surface area (TPSA) is 32.7 Å². The number of hydrogen-bond acceptors (Lipinski definition) is 3. The molecule has 3 heteroatoms. The number of aliphatic hydroxyl groups is 1. The molecule has 0 aromatic heterocycles. The Bertz CT molecular complexity index is 175. The van der Waals surface area contributed by atoms with Gasteiger partial charge in [0.15, 0.2) is 0 Å². The predicted molar refractivity (Wildman–Crippen MR) is 61.9 cm³/mol. The first kappa shape index (κ1) is 12.9. The summed E-state index contributed by atoms with van der Waals surface area (Å²) in [7, 11) is 0. The molecule has 1 saturated heterocycles. The zero-order valence-electron chi connectivity index (χ0n) is 10.3. The minimum absolute atomic E-state index is 0.0210. The molecule has 1 rings (SSSR count). The van der Waals surface area contributed by atoms with Crippen molar-refractivity contribution in [2.24, 2.45) is 5.92 Å². The molecule has 3 atom stereocenters. The summed E-state index contributed by atoms with van der Waals surface area (Å²) in [6.07, 6.45) is 1.71. The van der Waals surface area contributed by atoms with E-state index in [1.807, 2.05) is 0 Å². The van der Waals surface area contributed by atoms with E-state index in [2.05, 4.69) is 25.7 Å². The quantitative estimate of drug-likeness (QED) is 0.754. The lowest BCUT2D eigenvalue weighted by Gasteiger charge is -2.35. The summed E-state index contributed by atoms with van der Waals surface area (Å²) in [5.41, 5.74) is 0. The standard InChI is InChI=1S/C12H25NO2/c1-4-10(3)8-11(14)12-9-13(5-2)6-7-15-12/h10-12,14H,4-9H2,1-3H3. The van der Waals surface area contributed by atoms with E-state index < -0.39 is 0 Å². The first-order valence-electron chi connectivity index (χ1n) is 6.19. The Balaban J connectivity index is 2.34. The molecular weight excluding hydrogens is 190 g/mol. The number of morpholine rings is 1. The Hall–Kier alpha value is -0.120. The number of ether oxygens (including phenoxy) is 1. The monoisotopic (exact) mass is 215 g/mol. The molecule has 0 saturated carbocycles. The summed E-state index contributed by atoms with van der Waals surface area (Å²) in [5, 5.41) is 10.0. The zero-order valence-corrected chi connectivity index (χ0v) is 10.3. The lowest BCUT2D eigenvalue weighted by atomic mass is 9.97. The predicted octanol–water partition coefficient (Wildman–Crippen LogP) is 1.50. The van der Waals surface area contributed by atoms with Gasteiger partial charge in [-0.25, -0.2) is 0 Å². The third-order valence-corrected chi connectivity index (χ3v) is 3.39. The Morgan fingerprint density at radius 2 is 2.20 bits per heavy atom. The summed E-state index contributed by atoms with van der Waals surface area (Å²) in [6, 6.07) is 0. The van der Waals surface area contributed by atoms with Crippen LogP contribution in [0.15, 0.2) is 0 Å². The van der Waals surface area contributed by atoms with Gasteiger partial charge in [-0.2, -0.15) is 0 Å². The lowest BCUT2D eigenvalue weighted by Crippen LogP contribution is -2.47. The van der Waals surface area contributed by atoms with E-state index in [1.165, 1.54) is 0 Å². The number of aliphatic hydroxyl groups excluding tert-OH is 1. The number of rotatable bonds is 5. The molecule has 0 aliphatic carbocycles. The Morgan fingerprint density at radius 3 is 2.80 bits per heavy atom. The average molecular weight is 215 g/mol. The molecule has 0 spiro atoms. The van der Waals surface area contributed by atoms with Gasteiger partial charge in [-0.3, -0.25) is 4.90 Å². The zero-order chi connectivity index (χ0) is 11.3. The van der Waals surface area contributed by atoms with Crippen LogP contribution in [0.4, 0.5) is 0 Å². The van der Waals surface area contributed by atoms with Crippen molar-refractivity contribution < 1.29 is 9.84 Å². The van der Waals surface area contributed by atoms with E-state index in [1.54, 1.807) is 0 Å². The van der Waals surface area contributed by atoms with Crippen LogP contribution in [0.25, 0.3) is 0 Å². The van der Waals surface area contributed by atoms with Crippen LogP contribution in [-0.4, -0.2) is 48.5 Å². The minimum Gasteiger partial charge on any atom is -0.390 e. The lowest BCUT2D eigenvalue weighted by molar-refractivity contribution is -0.0926. The molecule has 90 valence electrons. The third-order valence-electron chi connectivity index (χ3n) is 3.39. The van der Waals surface area contributed by atoms with Gasteiger partial charge >= 0.3 is 0 Å². The maximum absolute atomic E-state index is 10.0. The van der Waals surface area contributed by atoms with Gasteiger partial charge in [0, 0.05) is 13.1 Å². The van der Waals surface area contributed by atoms with Crippen molar-refractivity contribution in [2.45, 2.75) is 45.8 Å². The molecule has 0 aromatic rings. The Labute approximate surface area is 93.4 Å². The normalized spacial score (nSPS) is 27.6. The van der Waals surface area contributed by atoms with Crippen LogP contribution in [-0.2, 0) is 4.74 Å². The highest BCUT2D eigenvalue weighted by Gasteiger charge is 2.26. The fraction of sp³-hybridized carbons (Fsp3) is 1.00. The SMILES string of the molecule is CCC(C)CC(O)C1CN(CC)CCO1. The van der Waals surface area contributed by atoms with Gasteiger partial charge in [-0.1, -0.05) is 27.2 Å². The van der Waals surface area contributed by atoms with Gasteiger partial charge in [0.2, 0.25) is 0 Å². The third kappa shape index (κ3) is 4.09. The van der Waals surface area contributed by atoms with Gasteiger partial charge < -0.3 is 9.84 Å². The second-order valence-electron chi connectivity index (χ2n) is 4.62. The van der Waals surface area contributed by atoms with E-state index >= 15 is 0 Å². The Morgan fingerprint density at radius 1 is 1.47 bits per heavy atom. The molecule has 3 nitrogen and oxygen atoms in total. The fourth-order valence-electron chi connectivity index (χ4n) is 1.98. The number of nitrogens with zero attached hydrogens (tertiary/aromatic N) is 1. The van der Waals surface area contributed by atoms with E-state index in [4.69, 9.17) is 4.74 Å². The molecule has 1 fully saturated rings. The van der Waals surface area contributed by atoms with Crippen LogP contribution in [0, 0.1) is 5.92 Å². The summed E-state index contributed by atoms with van der Waals surface area (Å²) < 4.78 is 5.63. The summed E-state index contributed by atoms with van der Waals surface area (Å²) in [6.45, 7) is 10.2. The first-order valence-corrected chi connectivity index (χ1v) is 6.19. The van der Waals surface area contributed by atoms with Crippen molar-refractivity contribution in [3.8, 4) is 0 Å². The van der Waals surface area contributed by atoms with Crippen molar-refractivity contribution in [3.05, 3.63) is 0 Å². The van der Waals surface area contributed by atoms with Crippen LogP contribution < -0.4 is 0 Å². The summed E-state index contributed by atoms with van der Waals surface area (Å²) in [5.74, 6) is 0.584. The van der Waals surface area contributed by atoms with Gasteiger partial charge in [0.25, 0.3) is 0 Å². The smallest absolute Gasteiger partial charge is 0.0961 e. The second-order valence-corrected chi connectivity index (χ2v) is 4.62. The van der Waals surface area contributed by atoms with Gasteiger partial charge in [0.05, 0.1) is 18.8 Å². The van der Waals surface area contributed by atoms with E-state index in [0.717, 1.165) is 39.1 Å². The van der Waals surface area contributed by atoms with Crippen molar-refractivity contribution >= 4 is 0 Å². The number of hydrogen-bond donors (Lipinski definition) is 1. The molecule has 0 bridgehead atoms.